The van der Waals surface area contributed by atoms with Gasteiger partial charge in [0.2, 0.25) is 11.8 Å². The number of fused-ring (bicyclic) bond motifs is 1. The molecule has 7 nitrogen and oxygen atoms in total. The molecule has 2 aliphatic heterocycles. The maximum absolute atomic E-state index is 13.1. The van der Waals surface area contributed by atoms with Crippen LogP contribution >= 0.6 is 0 Å². The number of nitrogens with zero attached hydrogens (tertiary/aromatic N) is 3. The van der Waals surface area contributed by atoms with Gasteiger partial charge in [-0.15, -0.1) is 0 Å². The van der Waals surface area contributed by atoms with E-state index in [0.717, 1.165) is 25.7 Å². The van der Waals surface area contributed by atoms with E-state index in [2.05, 4.69) is 15.2 Å². The van der Waals surface area contributed by atoms with Crippen molar-refractivity contribution in [2.24, 2.45) is 4.99 Å². The van der Waals surface area contributed by atoms with E-state index in [-0.39, 0.29) is 30.7 Å². The molecule has 2 fully saturated rings. The quantitative estimate of drug-likeness (QED) is 0.770. The van der Waals surface area contributed by atoms with Crippen molar-refractivity contribution in [1.29, 1.82) is 0 Å². The summed E-state index contributed by atoms with van der Waals surface area (Å²) in [6.45, 7) is 1.71. The molecule has 1 N–H and O–H groups in total. The Balaban J connectivity index is 1.44. The second kappa shape index (κ2) is 8.13. The van der Waals surface area contributed by atoms with Gasteiger partial charge in [-0.05, 0) is 44.8 Å². The van der Waals surface area contributed by atoms with Crippen LogP contribution in [0.15, 0.2) is 29.4 Å². The highest BCUT2D eigenvalue weighted by Crippen LogP contribution is 2.32. The molecular formula is C22H30N4O3. The second-order valence-corrected chi connectivity index (χ2v) is 8.75. The fourth-order valence-corrected chi connectivity index (χ4v) is 5.19. The van der Waals surface area contributed by atoms with Crippen molar-refractivity contribution < 1.29 is 14.4 Å². The predicted molar refractivity (Wildman–Crippen MR) is 110 cm³/mol. The third-order valence-electron chi connectivity index (χ3n) is 6.72. The lowest BCUT2D eigenvalue weighted by atomic mass is 9.91. The van der Waals surface area contributed by atoms with Crippen LogP contribution in [0, 0.1) is 0 Å². The third-order valence-corrected chi connectivity index (χ3v) is 6.72. The largest absolute Gasteiger partial charge is 0.345 e. The maximum atomic E-state index is 13.1. The van der Waals surface area contributed by atoms with E-state index in [9.17, 15) is 14.4 Å². The Labute approximate surface area is 171 Å². The van der Waals surface area contributed by atoms with E-state index < -0.39 is 5.54 Å². The third kappa shape index (κ3) is 3.87. The molecule has 0 aromatic carbocycles. The summed E-state index contributed by atoms with van der Waals surface area (Å²) in [6.07, 6.45) is 16.0. The number of amidine groups is 1. The molecule has 0 saturated heterocycles. The highest BCUT2D eigenvalue weighted by atomic mass is 16.2. The van der Waals surface area contributed by atoms with Crippen LogP contribution in [0.5, 0.6) is 0 Å². The Bertz CT molecular complexity index is 759. The van der Waals surface area contributed by atoms with Gasteiger partial charge in [0.25, 0.3) is 5.91 Å². The zero-order chi connectivity index (χ0) is 20.4. The van der Waals surface area contributed by atoms with E-state index in [4.69, 9.17) is 0 Å². The predicted octanol–water partition coefficient (Wildman–Crippen LogP) is 2.29. The number of amides is 3. The van der Waals surface area contributed by atoms with Crippen LogP contribution in [0.1, 0.15) is 64.7 Å². The zero-order valence-electron chi connectivity index (χ0n) is 17.1. The Morgan fingerprint density at radius 2 is 1.76 bits per heavy atom. The summed E-state index contributed by atoms with van der Waals surface area (Å²) in [4.78, 5) is 46.2. The first-order chi connectivity index (χ1) is 14.0. The van der Waals surface area contributed by atoms with Crippen molar-refractivity contribution in [3.05, 3.63) is 24.4 Å². The average molecular weight is 399 g/mol. The lowest BCUT2D eigenvalue weighted by Gasteiger charge is -2.41. The molecule has 29 heavy (non-hydrogen) atoms. The van der Waals surface area contributed by atoms with Crippen LogP contribution in [-0.4, -0.2) is 57.5 Å². The number of hydrogen-bond acceptors (Lipinski definition) is 4. The van der Waals surface area contributed by atoms with E-state index >= 15 is 0 Å². The smallest absolute Gasteiger partial charge is 0.250 e. The van der Waals surface area contributed by atoms with Gasteiger partial charge in [0.1, 0.15) is 11.4 Å². The molecule has 2 aliphatic carbocycles. The first-order valence-electron chi connectivity index (χ1n) is 10.8. The Hall–Kier alpha value is -2.44. The van der Waals surface area contributed by atoms with Gasteiger partial charge in [-0.3, -0.25) is 14.4 Å². The molecule has 1 atom stereocenters. The van der Waals surface area contributed by atoms with Crippen molar-refractivity contribution in [2.45, 2.75) is 82.3 Å². The molecule has 0 aromatic rings. The molecule has 7 heteroatoms. The molecule has 4 aliphatic rings. The van der Waals surface area contributed by atoms with Gasteiger partial charge >= 0.3 is 0 Å². The lowest BCUT2D eigenvalue weighted by molar-refractivity contribution is -0.140. The number of carbonyl (C=O) groups excluding carboxylic acids is 3. The number of rotatable bonds is 5. The minimum Gasteiger partial charge on any atom is -0.345 e. The first-order valence-corrected chi connectivity index (χ1v) is 10.8. The van der Waals surface area contributed by atoms with E-state index in [0.29, 0.717) is 17.9 Å². The molecule has 0 spiro atoms. The van der Waals surface area contributed by atoms with Gasteiger partial charge in [-0.2, -0.15) is 4.99 Å². The van der Waals surface area contributed by atoms with Crippen LogP contribution in [0.3, 0.4) is 0 Å². The SMILES string of the molecule is CC1(C(=O)NCC(=O)N(C2CCCC2)C2CCCC2)CC(=O)N=C2C=CC=CN21. The highest BCUT2D eigenvalue weighted by molar-refractivity contribution is 6.09. The van der Waals surface area contributed by atoms with Gasteiger partial charge in [0, 0.05) is 18.3 Å². The number of hydrogen-bond donors (Lipinski definition) is 1. The normalized spacial score (nSPS) is 27.1. The lowest BCUT2D eigenvalue weighted by Crippen LogP contribution is -2.61. The van der Waals surface area contributed by atoms with Gasteiger partial charge in [0.15, 0.2) is 0 Å². The molecule has 0 bridgehead atoms. The van der Waals surface area contributed by atoms with Gasteiger partial charge in [-0.25, -0.2) is 0 Å². The minimum atomic E-state index is -1.08. The summed E-state index contributed by atoms with van der Waals surface area (Å²) in [7, 11) is 0. The van der Waals surface area contributed by atoms with Crippen molar-refractivity contribution in [3.8, 4) is 0 Å². The first kappa shape index (κ1) is 19.9. The molecule has 3 amide bonds. The summed E-state index contributed by atoms with van der Waals surface area (Å²) in [5, 5.41) is 2.84. The molecule has 2 saturated carbocycles. The highest BCUT2D eigenvalue weighted by Gasteiger charge is 2.45. The summed E-state index contributed by atoms with van der Waals surface area (Å²) in [5.74, 6) is -0.166. The van der Waals surface area contributed by atoms with Crippen LogP contribution < -0.4 is 5.32 Å². The number of nitrogens with one attached hydrogen (secondary N) is 1. The molecule has 1 unspecified atom stereocenters. The molecule has 156 valence electrons. The molecule has 0 radical (unpaired) electrons. The van der Waals surface area contributed by atoms with Gasteiger partial charge in [-0.1, -0.05) is 31.8 Å². The monoisotopic (exact) mass is 398 g/mol. The molecule has 2 heterocycles. The average Bonchev–Trinajstić information content (AvgIpc) is 3.41. The van der Waals surface area contributed by atoms with Crippen molar-refractivity contribution in [2.75, 3.05) is 6.54 Å². The van der Waals surface area contributed by atoms with Gasteiger partial charge in [0.05, 0.1) is 13.0 Å². The zero-order valence-corrected chi connectivity index (χ0v) is 17.1. The minimum absolute atomic E-state index is 0.00542. The van der Waals surface area contributed by atoms with Crippen LogP contribution in [0.2, 0.25) is 0 Å². The Kier molecular flexibility index (Phi) is 5.56. The van der Waals surface area contributed by atoms with E-state index in [1.54, 1.807) is 30.2 Å². The topological polar surface area (TPSA) is 82.1 Å². The van der Waals surface area contributed by atoms with Crippen molar-refractivity contribution in [1.82, 2.24) is 15.1 Å². The van der Waals surface area contributed by atoms with Crippen molar-refractivity contribution >= 4 is 23.6 Å². The van der Waals surface area contributed by atoms with E-state index in [1.807, 2.05) is 6.08 Å². The van der Waals surface area contributed by atoms with Crippen LogP contribution in [-0.2, 0) is 14.4 Å². The standard InChI is InChI=1S/C22H30N4O3/c1-22(14-19(27)24-18-12-6-7-13-25(18)22)21(29)23-15-20(28)26(16-8-2-3-9-16)17-10-4-5-11-17/h6-7,12-13,16-17H,2-5,8-11,14-15H2,1H3,(H,23,29). The van der Waals surface area contributed by atoms with Crippen LogP contribution in [0.25, 0.3) is 0 Å². The van der Waals surface area contributed by atoms with E-state index in [1.165, 1.54) is 25.7 Å². The summed E-state index contributed by atoms with van der Waals surface area (Å²) in [6, 6.07) is 0.617. The summed E-state index contributed by atoms with van der Waals surface area (Å²) >= 11 is 0. The fourth-order valence-electron chi connectivity index (χ4n) is 5.19. The molecule has 0 aromatic heterocycles. The number of allylic oxidation sites excluding steroid dienone is 2. The second-order valence-electron chi connectivity index (χ2n) is 8.75. The fraction of sp³-hybridized carbons (Fsp3) is 0.636. The molecular weight excluding hydrogens is 368 g/mol. The number of aliphatic imine (C=N–C) groups is 1. The van der Waals surface area contributed by atoms with Crippen molar-refractivity contribution in [3.63, 3.8) is 0 Å². The summed E-state index contributed by atoms with van der Waals surface area (Å²) in [5.41, 5.74) is -1.08. The van der Waals surface area contributed by atoms with Crippen LogP contribution in [0.4, 0.5) is 0 Å². The Morgan fingerprint density at radius 1 is 1.14 bits per heavy atom. The van der Waals surface area contributed by atoms with Gasteiger partial charge < -0.3 is 15.1 Å². The maximum Gasteiger partial charge on any atom is 0.250 e. The number of carbonyl (C=O) groups is 3. The summed E-state index contributed by atoms with van der Waals surface area (Å²) < 4.78 is 0. The molecule has 4 rings (SSSR count). The Morgan fingerprint density at radius 3 is 2.38 bits per heavy atom.